The van der Waals surface area contributed by atoms with E-state index in [1.54, 1.807) is 12.0 Å². The first-order chi connectivity index (χ1) is 8.45. The molecule has 0 spiro atoms. The molecule has 6 heteroatoms. The van der Waals surface area contributed by atoms with Crippen molar-refractivity contribution in [3.05, 3.63) is 0 Å². The Morgan fingerprint density at radius 2 is 2.28 bits per heavy atom. The third-order valence-electron chi connectivity index (χ3n) is 3.20. The van der Waals surface area contributed by atoms with Gasteiger partial charge in [-0.2, -0.15) is 0 Å². The number of rotatable bonds is 6. The van der Waals surface area contributed by atoms with E-state index in [0.717, 1.165) is 6.54 Å². The number of hydrogen-bond donors (Lipinski definition) is 2. The van der Waals surface area contributed by atoms with Crippen molar-refractivity contribution in [2.24, 2.45) is 5.73 Å². The Bertz CT molecular complexity index is 273. The molecule has 0 saturated carbocycles. The van der Waals surface area contributed by atoms with E-state index in [4.69, 9.17) is 10.5 Å². The highest BCUT2D eigenvalue weighted by Gasteiger charge is 2.36. The Kier molecular flexibility index (Phi) is 6.01. The topological polar surface area (TPSA) is 79.0 Å². The monoisotopic (exact) mass is 259 g/mol. The van der Waals surface area contributed by atoms with Gasteiger partial charge in [-0.15, -0.1) is 0 Å². The fourth-order valence-corrected chi connectivity index (χ4v) is 2.34. The van der Waals surface area contributed by atoms with Gasteiger partial charge in [0, 0.05) is 32.8 Å². The molecule has 0 aliphatic carbocycles. The molecule has 0 aromatic carbocycles. The molecule has 18 heavy (non-hydrogen) atoms. The summed E-state index contributed by atoms with van der Waals surface area (Å²) in [5.41, 5.74) is 5.86. The van der Waals surface area contributed by atoms with Crippen molar-refractivity contribution in [1.82, 2.24) is 9.80 Å². The molecule has 1 heterocycles. The molecule has 3 atom stereocenters. The summed E-state index contributed by atoms with van der Waals surface area (Å²) < 4.78 is 4.93. The third-order valence-corrected chi connectivity index (χ3v) is 3.20. The number of methoxy groups -OCH3 is 1. The van der Waals surface area contributed by atoms with Crippen molar-refractivity contribution in [2.75, 3.05) is 40.9 Å². The van der Waals surface area contributed by atoms with Crippen LogP contribution in [0.15, 0.2) is 0 Å². The van der Waals surface area contributed by atoms with Gasteiger partial charge in [-0.3, -0.25) is 4.79 Å². The molecule has 1 saturated heterocycles. The number of aliphatic hydroxyl groups is 1. The fourth-order valence-electron chi connectivity index (χ4n) is 2.34. The van der Waals surface area contributed by atoms with Gasteiger partial charge in [0.25, 0.3) is 0 Å². The molecule has 0 aromatic heterocycles. The lowest BCUT2D eigenvalue weighted by Crippen LogP contribution is -2.49. The molecule has 1 aliphatic heterocycles. The Morgan fingerprint density at radius 3 is 2.83 bits per heavy atom. The van der Waals surface area contributed by atoms with Gasteiger partial charge in [0.1, 0.15) is 0 Å². The highest BCUT2D eigenvalue weighted by molar-refractivity contribution is 5.82. The number of aliphatic hydroxyl groups excluding tert-OH is 1. The second kappa shape index (κ2) is 7.04. The second-order valence-electron chi connectivity index (χ2n) is 5.18. The Morgan fingerprint density at radius 1 is 1.61 bits per heavy atom. The lowest BCUT2D eigenvalue weighted by molar-refractivity contribution is -0.134. The Hall–Kier alpha value is -0.690. The minimum Gasteiger partial charge on any atom is -0.391 e. The number of nitrogens with zero attached hydrogens (tertiary/aromatic N) is 2. The minimum atomic E-state index is -0.542. The van der Waals surface area contributed by atoms with E-state index in [0.29, 0.717) is 26.0 Å². The molecule has 1 rings (SSSR count). The van der Waals surface area contributed by atoms with Gasteiger partial charge in [0.15, 0.2) is 0 Å². The van der Waals surface area contributed by atoms with Crippen molar-refractivity contribution >= 4 is 5.91 Å². The van der Waals surface area contributed by atoms with Crippen LogP contribution in [0, 0.1) is 0 Å². The van der Waals surface area contributed by atoms with E-state index >= 15 is 0 Å². The van der Waals surface area contributed by atoms with E-state index < -0.39 is 12.1 Å². The summed E-state index contributed by atoms with van der Waals surface area (Å²) in [4.78, 5) is 15.9. The molecule has 0 radical (unpaired) electrons. The van der Waals surface area contributed by atoms with Crippen molar-refractivity contribution in [2.45, 2.75) is 31.0 Å². The van der Waals surface area contributed by atoms with Crippen molar-refractivity contribution < 1.29 is 14.6 Å². The molecule has 106 valence electrons. The smallest absolute Gasteiger partial charge is 0.239 e. The summed E-state index contributed by atoms with van der Waals surface area (Å²) in [5, 5.41) is 9.71. The predicted octanol–water partition coefficient (Wildman–Crippen LogP) is -1.13. The molecule has 1 amide bonds. The van der Waals surface area contributed by atoms with Crippen molar-refractivity contribution in [3.63, 3.8) is 0 Å². The van der Waals surface area contributed by atoms with Gasteiger partial charge in [-0.25, -0.2) is 0 Å². The van der Waals surface area contributed by atoms with Crippen LogP contribution in [0.5, 0.6) is 0 Å². The summed E-state index contributed by atoms with van der Waals surface area (Å²) in [5.74, 6) is -0.0875. The summed E-state index contributed by atoms with van der Waals surface area (Å²) >= 11 is 0. The van der Waals surface area contributed by atoms with E-state index in [-0.39, 0.29) is 11.9 Å². The molecule has 0 bridgehead atoms. The average molecular weight is 259 g/mol. The highest BCUT2D eigenvalue weighted by atomic mass is 16.5. The first-order valence-electron chi connectivity index (χ1n) is 6.33. The van der Waals surface area contributed by atoms with Crippen LogP contribution in [0.1, 0.15) is 12.8 Å². The summed E-state index contributed by atoms with van der Waals surface area (Å²) in [6.45, 7) is 1.61. The maximum Gasteiger partial charge on any atom is 0.239 e. The standard InChI is InChI=1S/C12H25N3O3/c1-14(2)7-9-6-10(16)8-15(9)12(17)11(13)4-5-18-3/h9-11,16H,4-8,13H2,1-3H3. The zero-order valence-corrected chi connectivity index (χ0v) is 11.5. The Balaban J connectivity index is 2.58. The van der Waals surface area contributed by atoms with Gasteiger partial charge >= 0.3 is 0 Å². The van der Waals surface area contributed by atoms with Crippen LogP contribution in [-0.4, -0.2) is 79.9 Å². The number of amides is 1. The highest BCUT2D eigenvalue weighted by Crippen LogP contribution is 2.19. The van der Waals surface area contributed by atoms with E-state index in [2.05, 4.69) is 0 Å². The maximum atomic E-state index is 12.2. The van der Waals surface area contributed by atoms with Gasteiger partial charge in [-0.05, 0) is 26.9 Å². The van der Waals surface area contributed by atoms with E-state index in [1.165, 1.54) is 0 Å². The van der Waals surface area contributed by atoms with Crippen LogP contribution in [0.2, 0.25) is 0 Å². The van der Waals surface area contributed by atoms with Gasteiger partial charge in [-0.1, -0.05) is 0 Å². The zero-order valence-electron chi connectivity index (χ0n) is 11.5. The molecule has 0 aromatic rings. The SMILES string of the molecule is COCCC(N)C(=O)N1CC(O)CC1CN(C)C. The molecule has 1 fully saturated rings. The van der Waals surface area contributed by atoms with Crippen LogP contribution in [-0.2, 0) is 9.53 Å². The first kappa shape index (κ1) is 15.4. The Labute approximate surface area is 109 Å². The summed E-state index contributed by atoms with van der Waals surface area (Å²) in [7, 11) is 5.50. The number of carbonyl (C=O) groups is 1. The lowest BCUT2D eigenvalue weighted by atomic mass is 10.1. The van der Waals surface area contributed by atoms with E-state index in [9.17, 15) is 9.90 Å². The average Bonchev–Trinajstić information content (AvgIpc) is 2.65. The number of nitrogens with two attached hydrogens (primary N) is 1. The molecule has 3 unspecified atom stereocenters. The van der Waals surface area contributed by atoms with Crippen LogP contribution >= 0.6 is 0 Å². The zero-order chi connectivity index (χ0) is 13.7. The molecular formula is C12H25N3O3. The summed E-state index contributed by atoms with van der Waals surface area (Å²) in [6.07, 6.45) is 0.700. The van der Waals surface area contributed by atoms with Gasteiger partial charge < -0.3 is 25.4 Å². The largest absolute Gasteiger partial charge is 0.391 e. The molecular weight excluding hydrogens is 234 g/mol. The van der Waals surface area contributed by atoms with Crippen LogP contribution in [0.25, 0.3) is 0 Å². The molecule has 6 nitrogen and oxygen atoms in total. The summed E-state index contributed by atoms with van der Waals surface area (Å²) in [6, 6.07) is -0.490. The van der Waals surface area contributed by atoms with Gasteiger partial charge in [0.05, 0.1) is 12.1 Å². The lowest BCUT2D eigenvalue weighted by Gasteiger charge is -2.29. The van der Waals surface area contributed by atoms with Crippen molar-refractivity contribution in [3.8, 4) is 0 Å². The van der Waals surface area contributed by atoms with Crippen molar-refractivity contribution in [1.29, 1.82) is 0 Å². The normalized spacial score (nSPS) is 25.8. The van der Waals surface area contributed by atoms with Gasteiger partial charge in [0.2, 0.25) is 5.91 Å². The number of ether oxygens (including phenoxy) is 1. The van der Waals surface area contributed by atoms with Crippen LogP contribution < -0.4 is 5.73 Å². The number of likely N-dealkylation sites (tertiary alicyclic amines) is 1. The predicted molar refractivity (Wildman–Crippen MR) is 69.1 cm³/mol. The number of hydrogen-bond acceptors (Lipinski definition) is 5. The molecule has 1 aliphatic rings. The first-order valence-corrected chi connectivity index (χ1v) is 6.33. The molecule has 3 N–H and O–H groups in total. The number of likely N-dealkylation sites (N-methyl/N-ethyl adjacent to an activating group) is 1. The second-order valence-corrected chi connectivity index (χ2v) is 5.18. The maximum absolute atomic E-state index is 12.2. The fraction of sp³-hybridized carbons (Fsp3) is 0.917. The number of carbonyl (C=O) groups excluding carboxylic acids is 1. The van der Waals surface area contributed by atoms with E-state index in [1.807, 2.05) is 19.0 Å². The van der Waals surface area contributed by atoms with Crippen LogP contribution in [0.4, 0.5) is 0 Å². The third kappa shape index (κ3) is 4.20. The minimum absolute atomic E-state index is 0.0519. The quantitative estimate of drug-likeness (QED) is 0.631. The van der Waals surface area contributed by atoms with Crippen LogP contribution in [0.3, 0.4) is 0 Å². The number of β-amino-alcohol motifs (C(OH)–C–C–N with tert-alkyl or cyclic N) is 1.